The summed E-state index contributed by atoms with van der Waals surface area (Å²) in [7, 11) is 0. The average Bonchev–Trinajstić information content (AvgIpc) is 0.756. The third-order valence-electron chi connectivity index (χ3n) is 22.8. The summed E-state index contributed by atoms with van der Waals surface area (Å²) in [4.78, 5) is 4.83. The first-order valence-corrected chi connectivity index (χ1v) is 38.0. The van der Waals surface area contributed by atoms with Gasteiger partial charge in [0, 0.05) is 34.0 Å². The molecule has 21 aromatic carbocycles. The van der Waals surface area contributed by atoms with Crippen LogP contribution in [0.15, 0.2) is 425 Å². The lowest BCUT2D eigenvalue weighted by molar-refractivity contribution is 1.28. The van der Waals surface area contributed by atoms with Crippen molar-refractivity contribution < 1.29 is 0 Å². The number of nitrogens with zero attached hydrogens (tertiary/aromatic N) is 2. The van der Waals surface area contributed by atoms with Crippen LogP contribution >= 0.6 is 0 Å². The first-order valence-electron chi connectivity index (χ1n) is 38.0. The van der Waals surface area contributed by atoms with Crippen LogP contribution in [0.3, 0.4) is 0 Å². The maximum atomic E-state index is 2.45. The van der Waals surface area contributed by atoms with Crippen molar-refractivity contribution in [3.63, 3.8) is 0 Å². The molecule has 0 atom stereocenters. The molecule has 0 saturated heterocycles. The summed E-state index contributed by atoms with van der Waals surface area (Å²) in [6, 6.07) is 157. The summed E-state index contributed by atoms with van der Waals surface area (Å²) < 4.78 is 0. The monoisotopic (exact) mass is 1390 g/mol. The minimum Gasteiger partial charge on any atom is -0.310 e. The van der Waals surface area contributed by atoms with Crippen LogP contribution in [-0.4, -0.2) is 0 Å². The van der Waals surface area contributed by atoms with Crippen molar-refractivity contribution in [3.05, 3.63) is 425 Å². The molecule has 0 aromatic heterocycles. The van der Waals surface area contributed by atoms with Gasteiger partial charge in [0.15, 0.2) is 0 Å². The smallest absolute Gasteiger partial charge is 0.0540 e. The van der Waals surface area contributed by atoms with Crippen LogP contribution in [0.5, 0.6) is 0 Å². The molecular formula is C108H70N2. The molecule has 0 aliphatic heterocycles. The van der Waals surface area contributed by atoms with Crippen molar-refractivity contribution in [3.8, 4) is 77.9 Å². The van der Waals surface area contributed by atoms with Gasteiger partial charge in [-0.15, -0.1) is 0 Å². The first kappa shape index (κ1) is 64.0. The Kier molecular flexibility index (Phi) is 15.6. The number of hydrogen-bond acceptors (Lipinski definition) is 2. The van der Waals surface area contributed by atoms with Crippen molar-refractivity contribution in [2.45, 2.75) is 0 Å². The zero-order valence-electron chi connectivity index (χ0n) is 60.3. The Morgan fingerprint density at radius 2 is 0.455 bits per heavy atom. The maximum Gasteiger partial charge on any atom is 0.0540 e. The molecule has 0 unspecified atom stereocenters. The average molecular weight is 1400 g/mol. The molecular weight excluding hydrogens is 1330 g/mol. The van der Waals surface area contributed by atoms with E-state index in [2.05, 4.69) is 434 Å². The zero-order valence-corrected chi connectivity index (χ0v) is 60.3. The van der Waals surface area contributed by atoms with E-state index in [1.807, 2.05) is 0 Å². The van der Waals surface area contributed by atoms with Gasteiger partial charge < -0.3 is 9.80 Å². The van der Waals surface area contributed by atoms with E-state index in [1.165, 1.54) is 141 Å². The Hall–Kier alpha value is -14.4. The Morgan fingerprint density at radius 1 is 0.118 bits per heavy atom. The van der Waals surface area contributed by atoms with Crippen LogP contribution in [0.1, 0.15) is 0 Å². The Labute approximate surface area is 639 Å². The van der Waals surface area contributed by atoms with Gasteiger partial charge in [-0.3, -0.25) is 0 Å². The van der Waals surface area contributed by atoms with Crippen LogP contribution in [0.25, 0.3) is 175 Å². The van der Waals surface area contributed by atoms with Gasteiger partial charge in [-0.25, -0.2) is 0 Å². The lowest BCUT2D eigenvalue weighted by atomic mass is 9.92. The van der Waals surface area contributed by atoms with Gasteiger partial charge in [0.2, 0.25) is 0 Å². The van der Waals surface area contributed by atoms with Crippen molar-refractivity contribution in [2.75, 3.05) is 9.80 Å². The van der Waals surface area contributed by atoms with E-state index in [-0.39, 0.29) is 0 Å². The van der Waals surface area contributed by atoms with Gasteiger partial charge in [-0.1, -0.05) is 328 Å². The van der Waals surface area contributed by atoms with Gasteiger partial charge in [-0.05, 0) is 266 Å². The van der Waals surface area contributed by atoms with E-state index >= 15 is 0 Å². The Bertz CT molecular complexity index is 7160. The number of fused-ring (bicyclic) bond motifs is 14. The molecule has 0 N–H and O–H groups in total. The molecule has 0 heterocycles. The summed E-state index contributed by atoms with van der Waals surface area (Å²) in [6.45, 7) is 0. The predicted octanol–water partition coefficient (Wildman–Crippen LogP) is 30.7. The summed E-state index contributed by atoms with van der Waals surface area (Å²) in [6.07, 6.45) is 0. The minimum atomic E-state index is 1.06. The van der Waals surface area contributed by atoms with Gasteiger partial charge in [0.1, 0.15) is 0 Å². The largest absolute Gasteiger partial charge is 0.310 e. The zero-order chi connectivity index (χ0) is 72.6. The van der Waals surface area contributed by atoms with Crippen LogP contribution in [0.2, 0.25) is 0 Å². The van der Waals surface area contributed by atoms with Crippen LogP contribution < -0.4 is 9.80 Å². The molecule has 0 spiro atoms. The van der Waals surface area contributed by atoms with Crippen molar-refractivity contribution in [2.24, 2.45) is 0 Å². The molecule has 2 heteroatoms. The van der Waals surface area contributed by atoms with Gasteiger partial charge >= 0.3 is 0 Å². The molecule has 0 aliphatic carbocycles. The SMILES string of the molecule is c1ccc(-c2ccc(N(c3ccc(-c4ccc5c(ccc6c7cc(-c8ccc(N(c9ccc(-c%10ccc%11c(ccc%12c%13ccccc%13ccc%11%12)c%10)cc9)c9ccc(-c%10cc%11ccccc%11c%11ccccc%10%11)cc9)c(-c9ccccc9)c8)ccc7ccc56)c4)cc3)c3cccc(-c4cccc5ccccc45)c3)cc2)cc1. The van der Waals surface area contributed by atoms with Crippen LogP contribution in [0.4, 0.5) is 34.1 Å². The minimum absolute atomic E-state index is 1.06. The first-order chi connectivity index (χ1) is 54.5. The third-order valence-corrected chi connectivity index (χ3v) is 22.8. The Balaban J connectivity index is 0.628. The summed E-state index contributed by atoms with van der Waals surface area (Å²) in [5.41, 5.74) is 22.9. The fourth-order valence-corrected chi connectivity index (χ4v) is 17.3. The second-order valence-corrected chi connectivity index (χ2v) is 29.1. The van der Waals surface area contributed by atoms with E-state index in [1.54, 1.807) is 0 Å². The van der Waals surface area contributed by atoms with E-state index in [0.717, 1.165) is 67.5 Å². The molecule has 21 aromatic rings. The third kappa shape index (κ3) is 11.4. The highest BCUT2D eigenvalue weighted by Crippen LogP contribution is 2.47. The molecule has 0 amide bonds. The van der Waals surface area contributed by atoms with E-state index < -0.39 is 0 Å². The lowest BCUT2D eigenvalue weighted by Crippen LogP contribution is -2.11. The lowest BCUT2D eigenvalue weighted by Gasteiger charge is -2.29. The molecule has 512 valence electrons. The Morgan fingerprint density at radius 3 is 1.06 bits per heavy atom. The molecule has 0 radical (unpaired) electrons. The summed E-state index contributed by atoms with van der Waals surface area (Å²) in [5.74, 6) is 0. The van der Waals surface area contributed by atoms with Crippen molar-refractivity contribution in [1.82, 2.24) is 0 Å². The predicted molar refractivity (Wildman–Crippen MR) is 471 cm³/mol. The second kappa shape index (κ2) is 26.9. The molecule has 21 rings (SSSR count). The molecule has 0 saturated carbocycles. The number of rotatable bonds is 13. The molecule has 2 nitrogen and oxygen atoms in total. The normalized spacial score (nSPS) is 11.6. The van der Waals surface area contributed by atoms with Gasteiger partial charge in [-0.2, -0.15) is 0 Å². The summed E-state index contributed by atoms with van der Waals surface area (Å²) in [5, 5.41) is 22.4. The molecule has 0 aliphatic rings. The number of benzene rings is 21. The van der Waals surface area contributed by atoms with Gasteiger partial charge in [0.05, 0.1) is 5.69 Å². The van der Waals surface area contributed by atoms with E-state index in [4.69, 9.17) is 0 Å². The molecule has 110 heavy (non-hydrogen) atoms. The highest BCUT2D eigenvalue weighted by atomic mass is 15.1. The molecule has 0 bridgehead atoms. The fraction of sp³-hybridized carbons (Fsp3) is 0. The highest BCUT2D eigenvalue weighted by molar-refractivity contribution is 6.20. The van der Waals surface area contributed by atoms with Crippen molar-refractivity contribution >= 4 is 131 Å². The van der Waals surface area contributed by atoms with Crippen LogP contribution in [0, 0.1) is 0 Å². The molecule has 0 fully saturated rings. The standard InChI is InChI=1S/C108H70N2/c1-3-17-71(18-4-1)72-35-50-88(51-36-72)109(92-26-15-25-84(67-92)95-32-16-24-75-21-7-10-27-93(75)95)89-52-37-73(38-53-89)80-46-59-98-87(66-80)48-63-104-103(98)61-44-78-33-34-82(68-105(78)104)83-49-64-108(107(69-83)76-19-5-2-6-20-76)110(91-56-41-79(42-57-91)106-70-85-23-9-12-29-96(85)99-30-13-14-31-100(99)106)90-54-39-74(40-55-90)81-45-58-97-86(65-81)47-62-101-94-28-11-8-22-77(94)43-60-102(97)101/h1-70H. The summed E-state index contributed by atoms with van der Waals surface area (Å²) >= 11 is 0. The van der Waals surface area contributed by atoms with E-state index in [9.17, 15) is 0 Å². The number of anilines is 6. The van der Waals surface area contributed by atoms with Crippen LogP contribution in [-0.2, 0) is 0 Å². The van der Waals surface area contributed by atoms with E-state index in [0.29, 0.717) is 0 Å². The quantitative estimate of drug-likeness (QED) is 0.106. The topological polar surface area (TPSA) is 6.48 Å². The number of hydrogen-bond donors (Lipinski definition) is 0. The maximum absolute atomic E-state index is 2.45. The fourth-order valence-electron chi connectivity index (χ4n) is 17.3. The van der Waals surface area contributed by atoms with Gasteiger partial charge in [0.25, 0.3) is 0 Å². The second-order valence-electron chi connectivity index (χ2n) is 29.1. The van der Waals surface area contributed by atoms with Crippen molar-refractivity contribution in [1.29, 1.82) is 0 Å². The highest BCUT2D eigenvalue weighted by Gasteiger charge is 2.22.